The van der Waals surface area contributed by atoms with Crippen molar-refractivity contribution >= 4 is 11.5 Å². The van der Waals surface area contributed by atoms with Crippen LogP contribution >= 0.6 is 0 Å². The lowest BCUT2D eigenvalue weighted by Crippen LogP contribution is -2.29. The molecule has 0 amide bonds. The first-order valence-electron chi connectivity index (χ1n) is 5.52. The van der Waals surface area contributed by atoms with E-state index in [0.29, 0.717) is 13.0 Å². The summed E-state index contributed by atoms with van der Waals surface area (Å²) in [4.78, 5) is 11.4. The largest absolute Gasteiger partial charge is 0.389 e. The van der Waals surface area contributed by atoms with Crippen molar-refractivity contribution in [2.75, 3.05) is 11.9 Å². The van der Waals surface area contributed by atoms with Crippen LogP contribution in [0.2, 0.25) is 0 Å². The lowest BCUT2D eigenvalue weighted by Gasteiger charge is -2.18. The molecule has 0 unspecified atom stereocenters. The molecule has 0 aliphatic heterocycles. The van der Waals surface area contributed by atoms with E-state index < -0.39 is 5.60 Å². The molecule has 0 atom stereocenters. The zero-order chi connectivity index (χ0) is 12.2. The lowest BCUT2D eigenvalue weighted by atomic mass is 10.1. The van der Waals surface area contributed by atoms with E-state index in [-0.39, 0.29) is 5.78 Å². The molecule has 2 N–H and O–H groups in total. The molecule has 0 aromatic heterocycles. The highest BCUT2D eigenvalue weighted by atomic mass is 16.3. The summed E-state index contributed by atoms with van der Waals surface area (Å²) >= 11 is 0. The first kappa shape index (κ1) is 12.7. The molecule has 0 radical (unpaired) electrons. The van der Waals surface area contributed by atoms with E-state index in [2.05, 4.69) is 5.32 Å². The number of nitrogens with one attached hydrogen (secondary N) is 1. The van der Waals surface area contributed by atoms with Crippen LogP contribution in [-0.4, -0.2) is 23.0 Å². The Balaban J connectivity index is 2.62. The van der Waals surface area contributed by atoms with Gasteiger partial charge in [0.15, 0.2) is 5.78 Å². The van der Waals surface area contributed by atoms with Gasteiger partial charge in [-0.05, 0) is 38.1 Å². The second-order valence-corrected chi connectivity index (χ2v) is 4.52. The Bertz CT molecular complexity index is 349. The van der Waals surface area contributed by atoms with Crippen LogP contribution in [0.3, 0.4) is 0 Å². The Morgan fingerprint density at radius 2 is 1.88 bits per heavy atom. The fourth-order valence-corrected chi connectivity index (χ4v) is 1.30. The van der Waals surface area contributed by atoms with Gasteiger partial charge in [-0.2, -0.15) is 0 Å². The molecule has 0 bridgehead atoms. The van der Waals surface area contributed by atoms with Gasteiger partial charge in [-0.25, -0.2) is 0 Å². The van der Waals surface area contributed by atoms with Crippen molar-refractivity contribution in [2.45, 2.75) is 32.8 Å². The Morgan fingerprint density at radius 3 is 2.31 bits per heavy atom. The van der Waals surface area contributed by atoms with Crippen LogP contribution in [0.5, 0.6) is 0 Å². The lowest BCUT2D eigenvalue weighted by molar-refractivity contribution is 0.0943. The number of ketones is 1. The zero-order valence-corrected chi connectivity index (χ0v) is 10.1. The molecule has 1 aromatic rings. The molecule has 0 spiro atoms. The zero-order valence-electron chi connectivity index (χ0n) is 10.1. The summed E-state index contributed by atoms with van der Waals surface area (Å²) in [6.07, 6.45) is 0.524. The summed E-state index contributed by atoms with van der Waals surface area (Å²) in [6, 6.07) is 7.32. The minimum absolute atomic E-state index is 0.147. The average molecular weight is 221 g/mol. The van der Waals surface area contributed by atoms with Gasteiger partial charge in [0, 0.05) is 24.2 Å². The van der Waals surface area contributed by atoms with E-state index >= 15 is 0 Å². The van der Waals surface area contributed by atoms with Crippen LogP contribution in [0.1, 0.15) is 37.6 Å². The molecule has 0 fully saturated rings. The number of carbonyl (C=O) groups is 1. The van der Waals surface area contributed by atoms with E-state index in [1.807, 2.05) is 19.1 Å². The Morgan fingerprint density at radius 1 is 1.31 bits per heavy atom. The van der Waals surface area contributed by atoms with Crippen LogP contribution in [-0.2, 0) is 0 Å². The number of Topliss-reactive ketones (excluding diaryl/α,β-unsaturated/α-hetero) is 1. The fraction of sp³-hybridized carbons (Fsp3) is 0.462. The van der Waals surface area contributed by atoms with Gasteiger partial charge < -0.3 is 10.4 Å². The van der Waals surface area contributed by atoms with Gasteiger partial charge in [0.05, 0.1) is 5.60 Å². The van der Waals surface area contributed by atoms with Gasteiger partial charge in [0.1, 0.15) is 0 Å². The number of aliphatic hydroxyl groups is 1. The van der Waals surface area contributed by atoms with Crippen molar-refractivity contribution in [2.24, 2.45) is 0 Å². The molecule has 3 heteroatoms. The molecule has 16 heavy (non-hydrogen) atoms. The van der Waals surface area contributed by atoms with Gasteiger partial charge in [0.25, 0.3) is 0 Å². The van der Waals surface area contributed by atoms with E-state index in [1.54, 1.807) is 26.0 Å². The molecular formula is C13H19NO2. The molecular weight excluding hydrogens is 202 g/mol. The SMILES string of the molecule is CCC(=O)c1ccc(NCC(C)(C)O)cc1. The van der Waals surface area contributed by atoms with E-state index in [0.717, 1.165) is 11.3 Å². The molecule has 88 valence electrons. The highest BCUT2D eigenvalue weighted by Crippen LogP contribution is 2.12. The second kappa shape index (κ2) is 5.12. The minimum Gasteiger partial charge on any atom is -0.389 e. The molecule has 3 nitrogen and oxygen atoms in total. The number of hydrogen-bond donors (Lipinski definition) is 2. The Kier molecular flexibility index (Phi) is 4.07. The van der Waals surface area contributed by atoms with Crippen molar-refractivity contribution in [1.82, 2.24) is 0 Å². The van der Waals surface area contributed by atoms with E-state index in [1.165, 1.54) is 0 Å². The first-order valence-corrected chi connectivity index (χ1v) is 5.52. The molecule has 0 heterocycles. The number of hydrogen-bond acceptors (Lipinski definition) is 3. The fourth-order valence-electron chi connectivity index (χ4n) is 1.30. The van der Waals surface area contributed by atoms with Crippen molar-refractivity contribution in [3.63, 3.8) is 0 Å². The summed E-state index contributed by atoms with van der Waals surface area (Å²) in [5.41, 5.74) is 0.906. The van der Waals surface area contributed by atoms with Gasteiger partial charge in [0.2, 0.25) is 0 Å². The average Bonchev–Trinajstić information content (AvgIpc) is 2.25. The molecule has 0 saturated carbocycles. The smallest absolute Gasteiger partial charge is 0.162 e. The highest BCUT2D eigenvalue weighted by Gasteiger charge is 2.11. The monoisotopic (exact) mass is 221 g/mol. The van der Waals surface area contributed by atoms with Crippen molar-refractivity contribution < 1.29 is 9.90 Å². The number of carbonyl (C=O) groups excluding carboxylic acids is 1. The molecule has 0 aliphatic rings. The summed E-state index contributed by atoms with van der Waals surface area (Å²) in [5, 5.41) is 12.7. The maximum Gasteiger partial charge on any atom is 0.162 e. The van der Waals surface area contributed by atoms with Crippen molar-refractivity contribution in [3.8, 4) is 0 Å². The van der Waals surface area contributed by atoms with Gasteiger partial charge in [-0.15, -0.1) is 0 Å². The van der Waals surface area contributed by atoms with Crippen molar-refractivity contribution in [1.29, 1.82) is 0 Å². The standard InChI is InChI=1S/C13H19NO2/c1-4-12(15)10-5-7-11(8-6-10)14-9-13(2,3)16/h5-8,14,16H,4,9H2,1-3H3. The maximum absolute atomic E-state index is 11.4. The van der Waals surface area contributed by atoms with Crippen molar-refractivity contribution in [3.05, 3.63) is 29.8 Å². The van der Waals surface area contributed by atoms with Crippen LogP contribution in [0.15, 0.2) is 24.3 Å². The first-order chi connectivity index (χ1) is 7.42. The molecule has 0 aliphatic carbocycles. The second-order valence-electron chi connectivity index (χ2n) is 4.52. The van der Waals surface area contributed by atoms with E-state index in [9.17, 15) is 9.90 Å². The quantitative estimate of drug-likeness (QED) is 0.751. The third-order valence-electron chi connectivity index (χ3n) is 2.25. The van der Waals surface area contributed by atoms with E-state index in [4.69, 9.17) is 0 Å². The minimum atomic E-state index is -0.738. The predicted molar refractivity (Wildman–Crippen MR) is 65.9 cm³/mol. The Labute approximate surface area is 96.5 Å². The van der Waals surface area contributed by atoms with Gasteiger partial charge >= 0.3 is 0 Å². The molecule has 1 aromatic carbocycles. The number of benzene rings is 1. The number of rotatable bonds is 5. The summed E-state index contributed by atoms with van der Waals surface area (Å²) in [6.45, 7) is 5.82. The highest BCUT2D eigenvalue weighted by molar-refractivity contribution is 5.96. The maximum atomic E-state index is 11.4. The van der Waals surface area contributed by atoms with Gasteiger partial charge in [-0.1, -0.05) is 6.92 Å². The third kappa shape index (κ3) is 4.03. The summed E-state index contributed by atoms with van der Waals surface area (Å²) in [7, 11) is 0. The predicted octanol–water partition coefficient (Wildman–Crippen LogP) is 2.46. The normalized spacial score (nSPS) is 11.2. The van der Waals surface area contributed by atoms with Crippen LogP contribution in [0, 0.1) is 0 Å². The Hall–Kier alpha value is -1.35. The number of anilines is 1. The topological polar surface area (TPSA) is 49.3 Å². The molecule has 0 saturated heterocycles. The third-order valence-corrected chi connectivity index (χ3v) is 2.25. The summed E-state index contributed by atoms with van der Waals surface area (Å²) < 4.78 is 0. The van der Waals surface area contributed by atoms with Crippen LogP contribution in [0.25, 0.3) is 0 Å². The van der Waals surface area contributed by atoms with Crippen LogP contribution in [0.4, 0.5) is 5.69 Å². The molecule has 1 rings (SSSR count). The van der Waals surface area contributed by atoms with Gasteiger partial charge in [-0.3, -0.25) is 4.79 Å². The summed E-state index contributed by atoms with van der Waals surface area (Å²) in [5.74, 6) is 0.147. The van der Waals surface area contributed by atoms with Crippen LogP contribution < -0.4 is 5.32 Å².